The van der Waals surface area contributed by atoms with Gasteiger partial charge in [0.05, 0.1) is 6.10 Å². The van der Waals surface area contributed by atoms with E-state index in [0.29, 0.717) is 5.15 Å². The van der Waals surface area contributed by atoms with Gasteiger partial charge in [0.2, 0.25) is 5.91 Å². The highest BCUT2D eigenvalue weighted by atomic mass is 35.5. The van der Waals surface area contributed by atoms with Crippen LogP contribution in [-0.4, -0.2) is 28.6 Å². The van der Waals surface area contributed by atoms with E-state index < -0.39 is 6.10 Å². The lowest BCUT2D eigenvalue weighted by Gasteiger charge is -2.25. The molecule has 1 rings (SSSR count). The van der Waals surface area contributed by atoms with Crippen LogP contribution in [0.2, 0.25) is 5.15 Å². The van der Waals surface area contributed by atoms with Crippen molar-refractivity contribution in [2.75, 3.05) is 6.54 Å². The summed E-state index contributed by atoms with van der Waals surface area (Å²) in [4.78, 5) is 15.4. The number of carbonyl (C=O) groups excluding carboxylic acids is 1. The van der Waals surface area contributed by atoms with Gasteiger partial charge in [0.15, 0.2) is 0 Å². The maximum atomic E-state index is 11.6. The lowest BCUT2D eigenvalue weighted by molar-refractivity contribution is -0.117. The number of nitrogens with zero attached hydrogens (tertiary/aromatic N) is 1. The molecule has 0 fully saturated rings. The average Bonchev–Trinajstić information content (AvgIpc) is 2.32. The molecule has 1 aromatic rings. The van der Waals surface area contributed by atoms with Gasteiger partial charge in [-0.15, -0.1) is 0 Å². The Morgan fingerprint density at radius 1 is 1.58 bits per heavy atom. The summed E-state index contributed by atoms with van der Waals surface area (Å²) in [7, 11) is 0. The van der Waals surface area contributed by atoms with Crippen molar-refractivity contribution in [1.29, 1.82) is 0 Å². The second-order valence-electron chi connectivity index (χ2n) is 5.37. The molecule has 0 radical (unpaired) electrons. The van der Waals surface area contributed by atoms with Crippen molar-refractivity contribution in [3.8, 4) is 0 Å². The molecule has 0 bridgehead atoms. The number of aromatic nitrogens is 1. The minimum atomic E-state index is -0.583. The number of hydrogen-bond donors (Lipinski definition) is 2. The Balaban J connectivity index is 2.48. The predicted octanol–water partition coefficient (Wildman–Crippen LogP) is 2.27. The monoisotopic (exact) mass is 282 g/mol. The zero-order valence-electron chi connectivity index (χ0n) is 11.4. The molecule has 0 saturated heterocycles. The zero-order valence-corrected chi connectivity index (χ0v) is 12.1. The highest BCUT2D eigenvalue weighted by Gasteiger charge is 2.21. The second kappa shape index (κ2) is 6.68. The number of pyridine rings is 1. The van der Waals surface area contributed by atoms with Gasteiger partial charge in [-0.3, -0.25) is 4.79 Å². The quantitative estimate of drug-likeness (QED) is 0.658. The molecule has 0 aromatic carbocycles. The Bertz CT molecular complexity index is 467. The van der Waals surface area contributed by atoms with Gasteiger partial charge in [0, 0.05) is 18.8 Å². The summed E-state index contributed by atoms with van der Waals surface area (Å²) >= 11 is 5.73. The first kappa shape index (κ1) is 15.7. The maximum Gasteiger partial charge on any atom is 0.244 e. The van der Waals surface area contributed by atoms with Crippen LogP contribution in [0, 0.1) is 5.41 Å². The summed E-state index contributed by atoms with van der Waals surface area (Å²) in [6.45, 7) is 5.97. The Kier molecular flexibility index (Phi) is 5.51. The van der Waals surface area contributed by atoms with E-state index >= 15 is 0 Å². The van der Waals surface area contributed by atoms with E-state index in [4.69, 9.17) is 11.6 Å². The van der Waals surface area contributed by atoms with Crippen molar-refractivity contribution in [3.63, 3.8) is 0 Å². The molecule has 2 N–H and O–H groups in total. The normalized spacial score (nSPS) is 13.5. The van der Waals surface area contributed by atoms with E-state index in [1.165, 1.54) is 6.08 Å². The number of rotatable bonds is 4. The van der Waals surface area contributed by atoms with Crippen molar-refractivity contribution >= 4 is 23.6 Å². The molecule has 4 nitrogen and oxygen atoms in total. The van der Waals surface area contributed by atoms with Crippen LogP contribution in [0.15, 0.2) is 24.4 Å². The van der Waals surface area contributed by atoms with Crippen LogP contribution >= 0.6 is 11.6 Å². The highest BCUT2D eigenvalue weighted by molar-refractivity contribution is 6.29. The molecule has 0 aliphatic heterocycles. The first-order valence-corrected chi connectivity index (χ1v) is 6.42. The van der Waals surface area contributed by atoms with Gasteiger partial charge in [-0.25, -0.2) is 4.98 Å². The fourth-order valence-electron chi connectivity index (χ4n) is 1.26. The summed E-state index contributed by atoms with van der Waals surface area (Å²) in [6.07, 6.45) is 4.04. The molecular formula is C14H19ClN2O2. The van der Waals surface area contributed by atoms with Gasteiger partial charge in [-0.2, -0.15) is 0 Å². The molecule has 0 aliphatic rings. The van der Waals surface area contributed by atoms with Crippen molar-refractivity contribution in [2.24, 2.45) is 5.41 Å². The first-order chi connectivity index (χ1) is 8.79. The molecule has 1 atom stereocenters. The fourth-order valence-corrected chi connectivity index (χ4v) is 1.44. The van der Waals surface area contributed by atoms with Gasteiger partial charge < -0.3 is 10.4 Å². The third kappa shape index (κ3) is 5.85. The van der Waals surface area contributed by atoms with Crippen LogP contribution in [0.3, 0.4) is 0 Å². The van der Waals surface area contributed by atoms with Crippen molar-refractivity contribution in [1.82, 2.24) is 10.3 Å². The maximum absolute atomic E-state index is 11.6. The number of carbonyl (C=O) groups is 1. The van der Waals surface area contributed by atoms with Gasteiger partial charge in [0.25, 0.3) is 0 Å². The third-order valence-electron chi connectivity index (χ3n) is 2.65. The van der Waals surface area contributed by atoms with Crippen LogP contribution in [0.5, 0.6) is 0 Å². The molecule has 1 aromatic heterocycles. The number of aliphatic hydroxyl groups is 1. The van der Waals surface area contributed by atoms with E-state index in [9.17, 15) is 9.90 Å². The standard InChI is InChI=1S/C14H19ClN2O2/c1-14(2,3)11(18)9-17-13(19)5-4-10-6-7-16-12(15)8-10/h4-8,11,18H,9H2,1-3H3,(H,17,19)/b5-4+. The zero-order chi connectivity index (χ0) is 14.5. The lowest BCUT2D eigenvalue weighted by Crippen LogP contribution is -2.38. The van der Waals surface area contributed by atoms with Gasteiger partial charge in [0.1, 0.15) is 5.15 Å². The van der Waals surface area contributed by atoms with Gasteiger partial charge >= 0.3 is 0 Å². The number of aliphatic hydroxyl groups excluding tert-OH is 1. The number of amides is 1. The Morgan fingerprint density at radius 2 is 2.26 bits per heavy atom. The van der Waals surface area contributed by atoms with Crippen LogP contribution in [0.25, 0.3) is 6.08 Å². The summed E-state index contributed by atoms with van der Waals surface area (Å²) in [6, 6.07) is 3.41. The summed E-state index contributed by atoms with van der Waals surface area (Å²) in [5.41, 5.74) is 0.543. The van der Waals surface area contributed by atoms with Crippen molar-refractivity contribution < 1.29 is 9.90 Å². The van der Waals surface area contributed by atoms with E-state index in [1.54, 1.807) is 24.4 Å². The van der Waals surface area contributed by atoms with E-state index in [-0.39, 0.29) is 17.9 Å². The third-order valence-corrected chi connectivity index (χ3v) is 2.85. The average molecular weight is 283 g/mol. The van der Waals surface area contributed by atoms with Crippen LogP contribution in [0.1, 0.15) is 26.3 Å². The molecule has 0 aliphatic carbocycles. The smallest absolute Gasteiger partial charge is 0.244 e. The SMILES string of the molecule is CC(C)(C)C(O)CNC(=O)/C=C/c1ccnc(Cl)c1. The molecule has 0 saturated carbocycles. The fraction of sp³-hybridized carbons (Fsp3) is 0.429. The molecule has 0 spiro atoms. The van der Waals surface area contributed by atoms with E-state index in [0.717, 1.165) is 5.56 Å². The summed E-state index contributed by atoms with van der Waals surface area (Å²) in [5.74, 6) is -0.253. The van der Waals surface area contributed by atoms with Crippen LogP contribution < -0.4 is 5.32 Å². The predicted molar refractivity (Wildman–Crippen MR) is 76.8 cm³/mol. The minimum absolute atomic E-state index is 0.226. The Labute approximate surface area is 118 Å². The topological polar surface area (TPSA) is 62.2 Å². The summed E-state index contributed by atoms with van der Waals surface area (Å²) < 4.78 is 0. The first-order valence-electron chi connectivity index (χ1n) is 6.04. The molecule has 19 heavy (non-hydrogen) atoms. The number of halogens is 1. The molecule has 1 unspecified atom stereocenters. The van der Waals surface area contributed by atoms with Crippen LogP contribution in [-0.2, 0) is 4.79 Å². The van der Waals surface area contributed by atoms with Crippen molar-refractivity contribution in [3.05, 3.63) is 35.1 Å². The second-order valence-corrected chi connectivity index (χ2v) is 5.76. The molecule has 1 amide bonds. The molecule has 104 valence electrons. The molecular weight excluding hydrogens is 264 g/mol. The molecule has 5 heteroatoms. The van der Waals surface area contributed by atoms with Gasteiger partial charge in [-0.1, -0.05) is 32.4 Å². The van der Waals surface area contributed by atoms with E-state index in [2.05, 4.69) is 10.3 Å². The Hall–Kier alpha value is -1.39. The lowest BCUT2D eigenvalue weighted by atomic mass is 9.89. The van der Waals surface area contributed by atoms with Crippen LogP contribution in [0.4, 0.5) is 0 Å². The number of hydrogen-bond acceptors (Lipinski definition) is 3. The largest absolute Gasteiger partial charge is 0.391 e. The van der Waals surface area contributed by atoms with Crippen molar-refractivity contribution in [2.45, 2.75) is 26.9 Å². The Morgan fingerprint density at radius 3 is 2.84 bits per heavy atom. The van der Waals surface area contributed by atoms with E-state index in [1.807, 2.05) is 20.8 Å². The highest BCUT2D eigenvalue weighted by Crippen LogP contribution is 2.18. The van der Waals surface area contributed by atoms with Gasteiger partial charge in [-0.05, 0) is 29.2 Å². The molecule has 1 heterocycles. The number of nitrogens with one attached hydrogen (secondary N) is 1. The summed E-state index contributed by atoms with van der Waals surface area (Å²) in [5, 5.41) is 12.8. The minimum Gasteiger partial charge on any atom is -0.391 e.